The molecule has 0 radical (unpaired) electrons. The van der Waals surface area contributed by atoms with Gasteiger partial charge in [-0.25, -0.2) is 0 Å². The molecular weight excluding hydrogens is 236 g/mol. The van der Waals surface area contributed by atoms with Crippen LogP contribution in [0.4, 0.5) is 0 Å². The molecule has 0 unspecified atom stereocenters. The van der Waals surface area contributed by atoms with E-state index in [0.717, 1.165) is 12.8 Å². The standard InChI is InChI=1S/C12H20N2O4/c1-9(15)13-6-7-14-10(16)8-12(11(17)18)4-2-3-5-12/h2-8H2,1H3,(H,13,15)(H,14,16)(H,17,18). The molecular formula is C12H20N2O4. The zero-order chi connectivity index (χ0) is 13.6. The van der Waals surface area contributed by atoms with Crippen LogP contribution >= 0.6 is 0 Å². The molecule has 0 aromatic carbocycles. The Hall–Kier alpha value is -1.59. The minimum atomic E-state index is -0.878. The number of amides is 2. The molecule has 0 spiro atoms. The molecule has 1 aliphatic carbocycles. The minimum absolute atomic E-state index is 0.0302. The largest absolute Gasteiger partial charge is 0.481 e. The van der Waals surface area contributed by atoms with Crippen molar-refractivity contribution in [2.45, 2.75) is 39.0 Å². The first-order valence-corrected chi connectivity index (χ1v) is 6.21. The summed E-state index contributed by atoms with van der Waals surface area (Å²) < 4.78 is 0. The molecule has 18 heavy (non-hydrogen) atoms. The second kappa shape index (κ2) is 6.37. The molecule has 102 valence electrons. The van der Waals surface area contributed by atoms with Gasteiger partial charge in [0.1, 0.15) is 0 Å². The lowest BCUT2D eigenvalue weighted by molar-refractivity contribution is -0.151. The van der Waals surface area contributed by atoms with Crippen LogP contribution in [0.25, 0.3) is 0 Å². The summed E-state index contributed by atoms with van der Waals surface area (Å²) >= 11 is 0. The molecule has 0 aliphatic heterocycles. The van der Waals surface area contributed by atoms with E-state index in [9.17, 15) is 19.5 Å². The van der Waals surface area contributed by atoms with Gasteiger partial charge in [0.15, 0.2) is 0 Å². The lowest BCUT2D eigenvalue weighted by Gasteiger charge is -2.22. The van der Waals surface area contributed by atoms with Gasteiger partial charge in [-0.15, -0.1) is 0 Å². The van der Waals surface area contributed by atoms with Crippen molar-refractivity contribution in [2.24, 2.45) is 5.41 Å². The summed E-state index contributed by atoms with van der Waals surface area (Å²) in [5.74, 6) is -1.29. The van der Waals surface area contributed by atoms with Gasteiger partial charge in [0, 0.05) is 26.4 Å². The molecule has 0 aromatic rings. The maximum atomic E-state index is 11.7. The second-order valence-corrected chi connectivity index (χ2v) is 4.80. The Balaban J connectivity index is 2.34. The third-order valence-corrected chi connectivity index (χ3v) is 3.33. The minimum Gasteiger partial charge on any atom is -0.481 e. The number of hydrogen-bond donors (Lipinski definition) is 3. The number of carboxylic acid groups (broad SMARTS) is 1. The Labute approximate surface area is 106 Å². The van der Waals surface area contributed by atoms with Crippen molar-refractivity contribution in [2.75, 3.05) is 13.1 Å². The molecule has 3 N–H and O–H groups in total. The summed E-state index contributed by atoms with van der Waals surface area (Å²) in [5.41, 5.74) is -0.877. The Morgan fingerprint density at radius 1 is 1.11 bits per heavy atom. The molecule has 2 amide bonds. The smallest absolute Gasteiger partial charge is 0.310 e. The summed E-state index contributed by atoms with van der Waals surface area (Å²) in [6.45, 7) is 2.09. The highest BCUT2D eigenvalue weighted by Gasteiger charge is 2.42. The van der Waals surface area contributed by atoms with E-state index in [0.29, 0.717) is 25.9 Å². The van der Waals surface area contributed by atoms with Crippen molar-refractivity contribution in [3.05, 3.63) is 0 Å². The van der Waals surface area contributed by atoms with E-state index in [4.69, 9.17) is 0 Å². The van der Waals surface area contributed by atoms with Crippen LogP contribution in [0.5, 0.6) is 0 Å². The van der Waals surface area contributed by atoms with Crippen LogP contribution in [0.3, 0.4) is 0 Å². The maximum absolute atomic E-state index is 11.7. The normalized spacial score (nSPS) is 17.2. The van der Waals surface area contributed by atoms with Gasteiger partial charge in [0.2, 0.25) is 11.8 Å². The van der Waals surface area contributed by atoms with E-state index in [2.05, 4.69) is 10.6 Å². The van der Waals surface area contributed by atoms with Gasteiger partial charge in [0.05, 0.1) is 5.41 Å². The predicted octanol–water partition coefficient (Wildman–Crippen LogP) is 0.274. The first kappa shape index (κ1) is 14.5. The van der Waals surface area contributed by atoms with E-state index in [-0.39, 0.29) is 18.2 Å². The Bertz CT molecular complexity index is 335. The highest BCUT2D eigenvalue weighted by atomic mass is 16.4. The van der Waals surface area contributed by atoms with Crippen molar-refractivity contribution < 1.29 is 19.5 Å². The molecule has 0 bridgehead atoms. The van der Waals surface area contributed by atoms with Crippen molar-refractivity contribution >= 4 is 17.8 Å². The van der Waals surface area contributed by atoms with Gasteiger partial charge in [-0.2, -0.15) is 0 Å². The van der Waals surface area contributed by atoms with Crippen molar-refractivity contribution in [3.63, 3.8) is 0 Å². The quantitative estimate of drug-likeness (QED) is 0.594. The molecule has 0 aromatic heterocycles. The van der Waals surface area contributed by atoms with Gasteiger partial charge < -0.3 is 15.7 Å². The zero-order valence-corrected chi connectivity index (χ0v) is 10.6. The number of carbonyl (C=O) groups is 3. The number of nitrogens with one attached hydrogen (secondary N) is 2. The van der Waals surface area contributed by atoms with Crippen LogP contribution in [-0.4, -0.2) is 36.0 Å². The third-order valence-electron chi connectivity index (χ3n) is 3.33. The third kappa shape index (κ3) is 4.01. The number of rotatable bonds is 6. The molecule has 6 nitrogen and oxygen atoms in total. The summed E-state index contributed by atoms with van der Waals surface area (Å²) in [7, 11) is 0. The molecule has 1 fully saturated rings. The van der Waals surface area contributed by atoms with Crippen LogP contribution < -0.4 is 10.6 Å². The molecule has 0 saturated heterocycles. The SMILES string of the molecule is CC(=O)NCCNC(=O)CC1(C(=O)O)CCCC1. The molecule has 1 rings (SSSR count). The van der Waals surface area contributed by atoms with Crippen LogP contribution in [0.1, 0.15) is 39.0 Å². The zero-order valence-electron chi connectivity index (χ0n) is 10.6. The van der Waals surface area contributed by atoms with E-state index in [1.165, 1.54) is 6.92 Å². The lowest BCUT2D eigenvalue weighted by atomic mass is 9.82. The van der Waals surface area contributed by atoms with Gasteiger partial charge >= 0.3 is 5.97 Å². The second-order valence-electron chi connectivity index (χ2n) is 4.80. The molecule has 0 atom stereocenters. The Morgan fingerprint density at radius 2 is 1.67 bits per heavy atom. The fraction of sp³-hybridized carbons (Fsp3) is 0.750. The monoisotopic (exact) mass is 256 g/mol. The van der Waals surface area contributed by atoms with E-state index in [1.54, 1.807) is 0 Å². The van der Waals surface area contributed by atoms with E-state index in [1.807, 2.05) is 0 Å². The molecule has 6 heteroatoms. The predicted molar refractivity (Wildman–Crippen MR) is 64.8 cm³/mol. The van der Waals surface area contributed by atoms with Crippen molar-refractivity contribution in [1.29, 1.82) is 0 Å². The number of carboxylic acids is 1. The summed E-state index contributed by atoms with van der Waals surface area (Å²) in [6.07, 6.45) is 2.91. The van der Waals surface area contributed by atoms with Gasteiger partial charge in [-0.05, 0) is 12.8 Å². The molecule has 0 heterocycles. The van der Waals surface area contributed by atoms with Crippen LogP contribution in [0.15, 0.2) is 0 Å². The van der Waals surface area contributed by atoms with Crippen LogP contribution in [0.2, 0.25) is 0 Å². The highest BCUT2D eigenvalue weighted by Crippen LogP contribution is 2.41. The first-order chi connectivity index (χ1) is 8.46. The van der Waals surface area contributed by atoms with Crippen molar-refractivity contribution in [1.82, 2.24) is 10.6 Å². The summed E-state index contributed by atoms with van der Waals surface area (Å²) in [5, 5.41) is 14.4. The lowest BCUT2D eigenvalue weighted by Crippen LogP contribution is -2.38. The van der Waals surface area contributed by atoms with Gasteiger partial charge in [-0.3, -0.25) is 14.4 Å². The Morgan fingerprint density at radius 3 is 2.17 bits per heavy atom. The van der Waals surface area contributed by atoms with Crippen LogP contribution in [0, 0.1) is 5.41 Å². The average molecular weight is 256 g/mol. The van der Waals surface area contributed by atoms with E-state index >= 15 is 0 Å². The number of hydrogen-bond acceptors (Lipinski definition) is 3. The van der Waals surface area contributed by atoms with Gasteiger partial charge in [-0.1, -0.05) is 12.8 Å². The van der Waals surface area contributed by atoms with E-state index < -0.39 is 11.4 Å². The summed E-state index contributed by atoms with van der Waals surface area (Å²) in [4.78, 5) is 33.5. The van der Waals surface area contributed by atoms with Crippen LogP contribution in [-0.2, 0) is 14.4 Å². The summed E-state index contributed by atoms with van der Waals surface area (Å²) in [6, 6.07) is 0. The Kier molecular flexibility index (Phi) is 5.12. The average Bonchev–Trinajstić information content (AvgIpc) is 2.74. The fourth-order valence-electron chi connectivity index (χ4n) is 2.33. The van der Waals surface area contributed by atoms with Gasteiger partial charge in [0.25, 0.3) is 0 Å². The first-order valence-electron chi connectivity index (χ1n) is 6.21. The number of carbonyl (C=O) groups excluding carboxylic acids is 2. The maximum Gasteiger partial charge on any atom is 0.310 e. The van der Waals surface area contributed by atoms with Crippen molar-refractivity contribution in [3.8, 4) is 0 Å². The fourth-order valence-corrected chi connectivity index (χ4v) is 2.33. The molecule has 1 saturated carbocycles. The topological polar surface area (TPSA) is 95.5 Å². The highest BCUT2D eigenvalue weighted by molar-refractivity contribution is 5.85. The number of aliphatic carboxylic acids is 1. The molecule has 1 aliphatic rings.